The normalized spacial score (nSPS) is 17.5. The Bertz CT molecular complexity index is 752. The first-order valence-electron chi connectivity index (χ1n) is 6.50. The summed E-state index contributed by atoms with van der Waals surface area (Å²) in [6.07, 6.45) is 1.58. The second-order valence-electron chi connectivity index (χ2n) is 4.79. The van der Waals surface area contributed by atoms with Crippen molar-refractivity contribution in [3.8, 4) is 0 Å². The van der Waals surface area contributed by atoms with Crippen LogP contribution in [-0.2, 0) is 0 Å². The molecule has 1 atom stereocenters. The van der Waals surface area contributed by atoms with Crippen molar-refractivity contribution in [1.29, 1.82) is 0 Å². The Kier molecular flexibility index (Phi) is 3.77. The molecular weight excluding hydrogens is 309 g/mol. The highest BCUT2D eigenvalue weighted by atomic mass is 35.5. The highest BCUT2D eigenvalue weighted by Crippen LogP contribution is 2.34. The molecular formula is C15H11ClFN3O2. The minimum absolute atomic E-state index is 0.0321. The largest absolute Gasteiger partial charge is 0.465 e. The lowest BCUT2D eigenvalue weighted by atomic mass is 10.1. The van der Waals surface area contributed by atoms with Crippen molar-refractivity contribution in [2.24, 2.45) is 0 Å². The molecule has 0 fully saturated rings. The minimum Gasteiger partial charge on any atom is -0.465 e. The fourth-order valence-corrected chi connectivity index (χ4v) is 2.59. The molecule has 2 aromatic rings. The predicted octanol–water partition coefficient (Wildman–Crippen LogP) is 3.39. The van der Waals surface area contributed by atoms with Gasteiger partial charge in [0, 0.05) is 0 Å². The van der Waals surface area contributed by atoms with Gasteiger partial charge in [-0.05, 0) is 22.7 Å². The summed E-state index contributed by atoms with van der Waals surface area (Å²) in [5.41, 5.74) is 1.31. The van der Waals surface area contributed by atoms with Gasteiger partial charge in [-0.3, -0.25) is 4.90 Å². The van der Waals surface area contributed by atoms with Crippen LogP contribution in [0.5, 0.6) is 0 Å². The van der Waals surface area contributed by atoms with Gasteiger partial charge in [0.05, 0.1) is 18.8 Å². The Morgan fingerprint density at radius 2 is 2.09 bits per heavy atom. The fourth-order valence-electron chi connectivity index (χ4n) is 2.45. The van der Waals surface area contributed by atoms with Gasteiger partial charge in [-0.1, -0.05) is 36.4 Å². The number of hydrogen-bond donors (Lipinski definition) is 1. The Hall–Kier alpha value is -2.47. The van der Waals surface area contributed by atoms with Crippen molar-refractivity contribution < 1.29 is 14.3 Å². The van der Waals surface area contributed by atoms with E-state index in [2.05, 4.69) is 9.97 Å². The number of carbonyl (C=O) groups is 1. The first-order chi connectivity index (χ1) is 10.6. The van der Waals surface area contributed by atoms with E-state index in [9.17, 15) is 14.3 Å². The SMILES string of the molecule is O=C(O)N1CC(c2nc(Cl)ncc2F)=C[C@H]1c1ccccc1. The van der Waals surface area contributed by atoms with Gasteiger partial charge in [-0.25, -0.2) is 19.2 Å². The highest BCUT2D eigenvalue weighted by Gasteiger charge is 2.32. The zero-order valence-electron chi connectivity index (χ0n) is 11.3. The summed E-state index contributed by atoms with van der Waals surface area (Å²) in [5.74, 6) is -0.630. The van der Waals surface area contributed by atoms with E-state index in [1.54, 1.807) is 6.08 Å². The minimum atomic E-state index is -1.08. The standard InChI is InChI=1S/C15H11ClFN3O2/c16-14-18-7-11(17)13(19-14)10-6-12(20(8-10)15(21)22)9-4-2-1-3-5-9/h1-7,12H,8H2,(H,21,22)/t12-/m0/s1. The van der Waals surface area contributed by atoms with Crippen LogP contribution in [0.4, 0.5) is 9.18 Å². The Morgan fingerprint density at radius 3 is 2.77 bits per heavy atom. The molecule has 0 radical (unpaired) electrons. The summed E-state index contributed by atoms with van der Waals surface area (Å²) >= 11 is 5.70. The second-order valence-corrected chi connectivity index (χ2v) is 5.13. The van der Waals surface area contributed by atoms with E-state index < -0.39 is 18.0 Å². The lowest BCUT2D eigenvalue weighted by molar-refractivity contribution is 0.144. The lowest BCUT2D eigenvalue weighted by Gasteiger charge is -2.21. The summed E-state index contributed by atoms with van der Waals surface area (Å²) in [7, 11) is 0. The van der Waals surface area contributed by atoms with Gasteiger partial charge in [-0.2, -0.15) is 0 Å². The van der Waals surface area contributed by atoms with Crippen molar-refractivity contribution >= 4 is 23.3 Å². The van der Waals surface area contributed by atoms with E-state index in [1.165, 1.54) is 4.90 Å². The molecule has 0 aliphatic carbocycles. The van der Waals surface area contributed by atoms with Gasteiger partial charge in [0.2, 0.25) is 5.28 Å². The molecule has 7 heteroatoms. The molecule has 112 valence electrons. The molecule has 0 saturated carbocycles. The van der Waals surface area contributed by atoms with Crippen LogP contribution >= 0.6 is 11.6 Å². The molecule has 0 bridgehead atoms. The third-order valence-corrected chi connectivity index (χ3v) is 3.62. The second kappa shape index (κ2) is 5.73. The Labute approximate surface area is 130 Å². The topological polar surface area (TPSA) is 66.3 Å². The van der Waals surface area contributed by atoms with Gasteiger partial charge in [0.15, 0.2) is 5.82 Å². The molecule has 0 unspecified atom stereocenters. The van der Waals surface area contributed by atoms with E-state index in [-0.39, 0.29) is 17.5 Å². The molecule has 5 nitrogen and oxygen atoms in total. The van der Waals surface area contributed by atoms with Crippen molar-refractivity contribution in [2.45, 2.75) is 6.04 Å². The van der Waals surface area contributed by atoms with Crippen LogP contribution in [0.15, 0.2) is 42.6 Å². The number of amides is 1. The zero-order valence-corrected chi connectivity index (χ0v) is 12.0. The fraction of sp³-hybridized carbons (Fsp3) is 0.133. The summed E-state index contributed by atoms with van der Waals surface area (Å²) in [4.78, 5) is 20.1. The van der Waals surface area contributed by atoms with Crippen molar-refractivity contribution in [3.63, 3.8) is 0 Å². The Balaban J connectivity index is 2.03. The summed E-state index contributed by atoms with van der Waals surface area (Å²) in [6.45, 7) is 0.0408. The lowest BCUT2D eigenvalue weighted by Crippen LogP contribution is -2.30. The van der Waals surface area contributed by atoms with Gasteiger partial charge >= 0.3 is 6.09 Å². The molecule has 1 N–H and O–H groups in total. The average Bonchev–Trinajstić information content (AvgIpc) is 2.96. The smallest absolute Gasteiger partial charge is 0.408 e. The third-order valence-electron chi connectivity index (χ3n) is 3.44. The Morgan fingerprint density at radius 1 is 1.36 bits per heavy atom. The first-order valence-corrected chi connectivity index (χ1v) is 6.87. The number of halogens is 2. The molecule has 0 saturated heterocycles. The maximum atomic E-state index is 13.9. The summed E-state index contributed by atoms with van der Waals surface area (Å²) in [6, 6.07) is 8.65. The van der Waals surface area contributed by atoms with E-state index in [1.807, 2.05) is 30.3 Å². The quantitative estimate of drug-likeness (QED) is 0.862. The molecule has 2 heterocycles. The van der Waals surface area contributed by atoms with Crippen LogP contribution in [0.2, 0.25) is 5.28 Å². The highest BCUT2D eigenvalue weighted by molar-refractivity contribution is 6.28. The average molecular weight is 320 g/mol. The maximum Gasteiger partial charge on any atom is 0.408 e. The van der Waals surface area contributed by atoms with E-state index in [0.717, 1.165) is 11.8 Å². The van der Waals surface area contributed by atoms with E-state index in [0.29, 0.717) is 5.57 Å². The van der Waals surface area contributed by atoms with Crippen molar-refractivity contribution in [3.05, 3.63) is 65.0 Å². The van der Waals surface area contributed by atoms with Gasteiger partial charge < -0.3 is 5.11 Å². The molecule has 1 aromatic heterocycles. The van der Waals surface area contributed by atoms with Crippen LogP contribution < -0.4 is 0 Å². The zero-order chi connectivity index (χ0) is 15.7. The van der Waals surface area contributed by atoms with Crippen molar-refractivity contribution in [2.75, 3.05) is 6.54 Å². The van der Waals surface area contributed by atoms with Crippen molar-refractivity contribution in [1.82, 2.24) is 14.9 Å². The molecule has 1 aliphatic heterocycles. The molecule has 0 spiro atoms. The number of nitrogens with zero attached hydrogens (tertiary/aromatic N) is 3. The molecule has 3 rings (SSSR count). The molecule has 1 aromatic carbocycles. The van der Waals surface area contributed by atoms with Crippen LogP contribution in [0.25, 0.3) is 5.57 Å². The number of hydrogen-bond acceptors (Lipinski definition) is 3. The maximum absolute atomic E-state index is 13.9. The number of aromatic nitrogens is 2. The van der Waals surface area contributed by atoms with Crippen LogP contribution in [0, 0.1) is 5.82 Å². The van der Waals surface area contributed by atoms with E-state index in [4.69, 9.17) is 11.6 Å². The van der Waals surface area contributed by atoms with Crippen LogP contribution in [0.1, 0.15) is 17.3 Å². The monoisotopic (exact) mass is 319 g/mol. The number of benzene rings is 1. The first kappa shape index (κ1) is 14.5. The molecule has 22 heavy (non-hydrogen) atoms. The molecule has 1 aliphatic rings. The van der Waals surface area contributed by atoms with Gasteiger partial charge in [0.25, 0.3) is 0 Å². The number of rotatable bonds is 2. The number of carboxylic acid groups (broad SMARTS) is 1. The predicted molar refractivity (Wildman–Crippen MR) is 78.9 cm³/mol. The van der Waals surface area contributed by atoms with Crippen LogP contribution in [0.3, 0.4) is 0 Å². The van der Waals surface area contributed by atoms with Gasteiger partial charge in [-0.15, -0.1) is 0 Å². The van der Waals surface area contributed by atoms with Crippen LogP contribution in [-0.4, -0.2) is 32.6 Å². The van der Waals surface area contributed by atoms with E-state index >= 15 is 0 Å². The summed E-state index contributed by atoms with van der Waals surface area (Å²) < 4.78 is 13.9. The van der Waals surface area contributed by atoms with Gasteiger partial charge in [0.1, 0.15) is 5.69 Å². The summed E-state index contributed by atoms with van der Waals surface area (Å²) in [5, 5.41) is 9.29. The molecule has 1 amide bonds. The third kappa shape index (κ3) is 2.65.